The number of hydrogen-bond acceptors (Lipinski definition) is 3. The van der Waals surface area contributed by atoms with Gasteiger partial charge in [0.25, 0.3) is 0 Å². The van der Waals surface area contributed by atoms with Crippen LogP contribution in [0, 0.1) is 11.3 Å². The summed E-state index contributed by atoms with van der Waals surface area (Å²) in [6.07, 6.45) is -3.90. The second-order valence-electron chi connectivity index (χ2n) is 4.36. The third-order valence-electron chi connectivity index (χ3n) is 2.86. The summed E-state index contributed by atoms with van der Waals surface area (Å²) in [5.74, 6) is -0.0387. The SMILES string of the molecule is N#Cc1ccc(C(F)(F)F)nc1NCCc1ccccc1. The van der Waals surface area contributed by atoms with Gasteiger partial charge in [0.1, 0.15) is 17.6 Å². The van der Waals surface area contributed by atoms with Crippen molar-refractivity contribution < 1.29 is 13.2 Å². The molecule has 0 aliphatic heterocycles. The van der Waals surface area contributed by atoms with Crippen LogP contribution in [0.4, 0.5) is 19.0 Å². The van der Waals surface area contributed by atoms with Gasteiger partial charge in [-0.2, -0.15) is 18.4 Å². The van der Waals surface area contributed by atoms with Crippen molar-refractivity contribution in [2.45, 2.75) is 12.6 Å². The van der Waals surface area contributed by atoms with Crippen LogP contribution in [-0.4, -0.2) is 11.5 Å². The zero-order chi connectivity index (χ0) is 15.3. The molecular weight excluding hydrogens is 279 g/mol. The Morgan fingerprint density at radius 2 is 1.81 bits per heavy atom. The predicted molar refractivity (Wildman–Crippen MR) is 72.6 cm³/mol. The number of alkyl halides is 3. The Kier molecular flexibility index (Phi) is 4.43. The van der Waals surface area contributed by atoms with Gasteiger partial charge in [0.05, 0.1) is 5.56 Å². The van der Waals surface area contributed by atoms with E-state index in [4.69, 9.17) is 5.26 Å². The molecule has 0 saturated carbocycles. The third kappa shape index (κ3) is 3.96. The molecule has 1 heterocycles. The quantitative estimate of drug-likeness (QED) is 0.935. The van der Waals surface area contributed by atoms with Gasteiger partial charge in [0.2, 0.25) is 0 Å². The number of aromatic nitrogens is 1. The van der Waals surface area contributed by atoms with Crippen LogP contribution in [0.3, 0.4) is 0 Å². The monoisotopic (exact) mass is 291 g/mol. The summed E-state index contributed by atoms with van der Waals surface area (Å²) in [6, 6.07) is 13.3. The summed E-state index contributed by atoms with van der Waals surface area (Å²) in [5, 5.41) is 11.7. The van der Waals surface area contributed by atoms with E-state index < -0.39 is 11.9 Å². The minimum atomic E-state index is -4.52. The molecular formula is C15H12F3N3. The third-order valence-corrected chi connectivity index (χ3v) is 2.86. The molecule has 1 aromatic carbocycles. The molecule has 2 aromatic rings. The maximum Gasteiger partial charge on any atom is 0.433 e. The molecule has 0 saturated heterocycles. The molecule has 0 aliphatic carbocycles. The van der Waals surface area contributed by atoms with E-state index in [1.807, 2.05) is 36.4 Å². The first-order valence-corrected chi connectivity index (χ1v) is 6.27. The van der Waals surface area contributed by atoms with Gasteiger partial charge < -0.3 is 5.32 Å². The number of pyridine rings is 1. The highest BCUT2D eigenvalue weighted by molar-refractivity contribution is 5.52. The average Bonchev–Trinajstić information content (AvgIpc) is 2.47. The van der Waals surface area contributed by atoms with Gasteiger partial charge in [-0.05, 0) is 24.1 Å². The van der Waals surface area contributed by atoms with Crippen LogP contribution < -0.4 is 5.32 Å². The van der Waals surface area contributed by atoms with Gasteiger partial charge in [0, 0.05) is 6.54 Å². The first-order valence-electron chi connectivity index (χ1n) is 6.27. The molecule has 3 nitrogen and oxygen atoms in total. The summed E-state index contributed by atoms with van der Waals surface area (Å²) in [7, 11) is 0. The minimum Gasteiger partial charge on any atom is -0.369 e. The zero-order valence-corrected chi connectivity index (χ0v) is 11.0. The van der Waals surface area contributed by atoms with Crippen molar-refractivity contribution in [3.05, 3.63) is 59.3 Å². The van der Waals surface area contributed by atoms with Crippen LogP contribution in [0.25, 0.3) is 0 Å². The van der Waals surface area contributed by atoms with Crippen LogP contribution >= 0.6 is 0 Å². The predicted octanol–water partition coefficient (Wildman–Crippen LogP) is 3.63. The molecule has 1 aromatic heterocycles. The van der Waals surface area contributed by atoms with Crippen molar-refractivity contribution in [1.82, 2.24) is 4.98 Å². The van der Waals surface area contributed by atoms with Crippen molar-refractivity contribution in [2.24, 2.45) is 0 Å². The molecule has 0 radical (unpaired) electrons. The van der Waals surface area contributed by atoms with Crippen molar-refractivity contribution in [3.63, 3.8) is 0 Å². The van der Waals surface area contributed by atoms with Gasteiger partial charge in [-0.25, -0.2) is 4.98 Å². The molecule has 0 fully saturated rings. The number of rotatable bonds is 4. The van der Waals surface area contributed by atoms with Gasteiger partial charge in [-0.15, -0.1) is 0 Å². The Morgan fingerprint density at radius 3 is 2.43 bits per heavy atom. The van der Waals surface area contributed by atoms with Crippen LogP contribution in [-0.2, 0) is 12.6 Å². The maximum absolute atomic E-state index is 12.6. The molecule has 0 atom stereocenters. The van der Waals surface area contributed by atoms with Crippen LogP contribution in [0.1, 0.15) is 16.8 Å². The minimum absolute atomic E-state index is 0.0387. The number of hydrogen-bond donors (Lipinski definition) is 1. The molecule has 1 N–H and O–H groups in total. The number of anilines is 1. The normalized spacial score (nSPS) is 11.0. The van der Waals surface area contributed by atoms with E-state index in [2.05, 4.69) is 10.3 Å². The highest BCUT2D eigenvalue weighted by Crippen LogP contribution is 2.29. The summed E-state index contributed by atoms with van der Waals surface area (Å²) in [4.78, 5) is 3.49. The smallest absolute Gasteiger partial charge is 0.369 e. The first-order chi connectivity index (χ1) is 10.0. The molecule has 21 heavy (non-hydrogen) atoms. The zero-order valence-electron chi connectivity index (χ0n) is 11.0. The Morgan fingerprint density at radius 1 is 1.10 bits per heavy atom. The van der Waals surface area contributed by atoms with E-state index in [1.54, 1.807) is 0 Å². The second-order valence-corrected chi connectivity index (χ2v) is 4.36. The molecule has 108 valence electrons. The lowest BCUT2D eigenvalue weighted by Gasteiger charge is -2.11. The summed E-state index contributed by atoms with van der Waals surface area (Å²) in [6.45, 7) is 0.396. The number of nitrogens with one attached hydrogen (secondary N) is 1. The molecule has 2 rings (SSSR count). The molecule has 0 spiro atoms. The van der Waals surface area contributed by atoms with Gasteiger partial charge in [0.15, 0.2) is 0 Å². The van der Waals surface area contributed by atoms with Crippen LogP contribution in [0.15, 0.2) is 42.5 Å². The number of nitrogens with zero attached hydrogens (tertiary/aromatic N) is 2. The Labute approximate surface area is 120 Å². The fraction of sp³-hybridized carbons (Fsp3) is 0.200. The number of nitriles is 1. The summed E-state index contributed by atoms with van der Waals surface area (Å²) < 4.78 is 37.9. The molecule has 0 aliphatic rings. The van der Waals surface area contributed by atoms with E-state index in [0.29, 0.717) is 13.0 Å². The van der Waals surface area contributed by atoms with Crippen molar-refractivity contribution >= 4 is 5.82 Å². The van der Waals surface area contributed by atoms with E-state index in [-0.39, 0.29) is 11.4 Å². The van der Waals surface area contributed by atoms with E-state index in [9.17, 15) is 13.2 Å². The Bertz CT molecular complexity index is 645. The Hall–Kier alpha value is -2.55. The summed E-state index contributed by atoms with van der Waals surface area (Å²) >= 11 is 0. The fourth-order valence-electron chi connectivity index (χ4n) is 1.81. The highest BCUT2D eigenvalue weighted by Gasteiger charge is 2.33. The summed E-state index contributed by atoms with van der Waals surface area (Å²) in [5.41, 5.74) is 0.134. The largest absolute Gasteiger partial charge is 0.433 e. The topological polar surface area (TPSA) is 48.7 Å². The fourth-order valence-corrected chi connectivity index (χ4v) is 1.81. The van der Waals surface area contributed by atoms with Crippen molar-refractivity contribution in [1.29, 1.82) is 5.26 Å². The van der Waals surface area contributed by atoms with Crippen LogP contribution in [0.5, 0.6) is 0 Å². The lowest BCUT2D eigenvalue weighted by molar-refractivity contribution is -0.141. The standard InChI is InChI=1S/C15H12F3N3/c16-15(17,18)13-7-6-12(10-19)14(21-13)20-9-8-11-4-2-1-3-5-11/h1-7H,8-9H2,(H,20,21). The van der Waals surface area contributed by atoms with Crippen LogP contribution in [0.2, 0.25) is 0 Å². The molecule has 0 unspecified atom stereocenters. The maximum atomic E-state index is 12.6. The molecule has 6 heteroatoms. The lowest BCUT2D eigenvalue weighted by atomic mass is 10.1. The van der Waals surface area contributed by atoms with Gasteiger partial charge >= 0.3 is 6.18 Å². The van der Waals surface area contributed by atoms with Crippen molar-refractivity contribution in [2.75, 3.05) is 11.9 Å². The second kappa shape index (κ2) is 6.27. The van der Waals surface area contributed by atoms with Crippen molar-refractivity contribution in [3.8, 4) is 6.07 Å². The lowest BCUT2D eigenvalue weighted by Crippen LogP contribution is -2.13. The molecule has 0 bridgehead atoms. The van der Waals surface area contributed by atoms with E-state index >= 15 is 0 Å². The van der Waals surface area contributed by atoms with Gasteiger partial charge in [-0.3, -0.25) is 0 Å². The van der Waals surface area contributed by atoms with E-state index in [0.717, 1.165) is 17.7 Å². The number of benzene rings is 1. The van der Waals surface area contributed by atoms with Gasteiger partial charge in [-0.1, -0.05) is 30.3 Å². The number of halogens is 3. The molecule has 0 amide bonds. The highest BCUT2D eigenvalue weighted by atomic mass is 19.4. The average molecular weight is 291 g/mol. The first kappa shape index (κ1) is 14.9. The Balaban J connectivity index is 2.10. The van der Waals surface area contributed by atoms with E-state index in [1.165, 1.54) is 0 Å².